The number of carbonyl (C=O) groups is 1. The summed E-state index contributed by atoms with van der Waals surface area (Å²) < 4.78 is 0. The third kappa shape index (κ3) is 4.87. The summed E-state index contributed by atoms with van der Waals surface area (Å²) in [4.78, 5) is 13.8. The van der Waals surface area contributed by atoms with Crippen LogP contribution in [0, 0.1) is 0 Å². The lowest BCUT2D eigenvalue weighted by Gasteiger charge is -2.09. The molecule has 0 atom stereocenters. The van der Waals surface area contributed by atoms with E-state index in [0.29, 0.717) is 12.1 Å². The van der Waals surface area contributed by atoms with Crippen LogP contribution < -0.4 is 5.32 Å². The van der Waals surface area contributed by atoms with E-state index in [0.717, 1.165) is 19.4 Å². The van der Waals surface area contributed by atoms with E-state index >= 15 is 0 Å². The minimum Gasteiger partial charge on any atom is -0.507 e. The Bertz CT molecular complexity index is 364. The average Bonchev–Trinajstić information content (AvgIpc) is 2.28. The average molecular weight is 236 g/mol. The van der Waals surface area contributed by atoms with Gasteiger partial charge < -0.3 is 15.3 Å². The van der Waals surface area contributed by atoms with Crippen LogP contribution >= 0.6 is 0 Å². The fraction of sp³-hybridized carbons (Fsp3) is 0.462. The number of phenolic OH excluding ortho intramolecular Hbond substituents is 1. The summed E-state index contributed by atoms with van der Waals surface area (Å²) in [6.07, 6.45) is 1.99. The topological polar surface area (TPSA) is 52.6 Å². The number of nitrogens with zero attached hydrogens (tertiary/aromatic N) is 1. The summed E-state index contributed by atoms with van der Waals surface area (Å²) in [5, 5.41) is 12.3. The highest BCUT2D eigenvalue weighted by atomic mass is 16.3. The normalized spacial score (nSPS) is 10.5. The van der Waals surface area contributed by atoms with Crippen molar-refractivity contribution in [3.05, 3.63) is 29.8 Å². The van der Waals surface area contributed by atoms with E-state index in [-0.39, 0.29) is 11.7 Å². The molecular formula is C13H20N2O2. The first-order valence-corrected chi connectivity index (χ1v) is 5.82. The van der Waals surface area contributed by atoms with Gasteiger partial charge in [0.25, 0.3) is 5.91 Å². The standard InChI is InChI=1S/C13H20N2O2/c1-15(2)10-6-5-9-14-13(17)11-7-3-4-8-12(11)16/h3-4,7-8,16H,5-6,9-10H2,1-2H3,(H,14,17). The Morgan fingerprint density at radius 1 is 1.29 bits per heavy atom. The minimum atomic E-state index is -0.215. The van der Waals surface area contributed by atoms with Crippen LogP contribution in [-0.4, -0.2) is 43.1 Å². The van der Waals surface area contributed by atoms with E-state index in [1.54, 1.807) is 18.2 Å². The lowest BCUT2D eigenvalue weighted by Crippen LogP contribution is -2.25. The van der Waals surface area contributed by atoms with Crippen molar-refractivity contribution in [2.24, 2.45) is 0 Å². The Balaban J connectivity index is 2.29. The molecule has 1 aromatic carbocycles. The van der Waals surface area contributed by atoms with Crippen molar-refractivity contribution >= 4 is 5.91 Å². The van der Waals surface area contributed by atoms with Crippen molar-refractivity contribution in [2.45, 2.75) is 12.8 Å². The van der Waals surface area contributed by atoms with Gasteiger partial charge in [-0.25, -0.2) is 0 Å². The summed E-state index contributed by atoms with van der Waals surface area (Å²) in [5.41, 5.74) is 0.333. The molecule has 0 aliphatic heterocycles. The second-order valence-electron chi connectivity index (χ2n) is 4.28. The summed E-state index contributed by atoms with van der Waals surface area (Å²) in [6.45, 7) is 1.66. The van der Waals surface area contributed by atoms with E-state index in [2.05, 4.69) is 10.2 Å². The number of benzene rings is 1. The van der Waals surface area contributed by atoms with E-state index in [4.69, 9.17) is 0 Å². The molecule has 1 aromatic rings. The number of unbranched alkanes of at least 4 members (excludes halogenated alkanes) is 1. The second-order valence-corrected chi connectivity index (χ2v) is 4.28. The van der Waals surface area contributed by atoms with Crippen molar-refractivity contribution in [3.8, 4) is 5.75 Å². The molecule has 0 spiro atoms. The summed E-state index contributed by atoms with van der Waals surface area (Å²) >= 11 is 0. The molecule has 0 fully saturated rings. The highest BCUT2D eigenvalue weighted by Gasteiger charge is 2.08. The van der Waals surface area contributed by atoms with E-state index in [1.165, 1.54) is 6.07 Å². The maximum absolute atomic E-state index is 11.7. The molecule has 0 aromatic heterocycles. The summed E-state index contributed by atoms with van der Waals surface area (Å²) in [7, 11) is 4.06. The van der Waals surface area contributed by atoms with Gasteiger partial charge in [0.05, 0.1) is 5.56 Å². The highest BCUT2D eigenvalue weighted by Crippen LogP contribution is 2.14. The zero-order valence-electron chi connectivity index (χ0n) is 10.4. The van der Waals surface area contributed by atoms with Gasteiger partial charge in [-0.2, -0.15) is 0 Å². The van der Waals surface area contributed by atoms with Crippen LogP contribution in [0.15, 0.2) is 24.3 Å². The number of carbonyl (C=O) groups excluding carboxylic acids is 1. The van der Waals surface area contributed by atoms with Crippen molar-refractivity contribution < 1.29 is 9.90 Å². The van der Waals surface area contributed by atoms with Gasteiger partial charge in [-0.3, -0.25) is 4.79 Å². The number of hydrogen-bond acceptors (Lipinski definition) is 3. The van der Waals surface area contributed by atoms with Crippen LogP contribution in [-0.2, 0) is 0 Å². The van der Waals surface area contributed by atoms with Gasteiger partial charge in [-0.05, 0) is 45.6 Å². The fourth-order valence-electron chi connectivity index (χ4n) is 1.52. The molecule has 2 N–H and O–H groups in total. The van der Waals surface area contributed by atoms with Crippen LogP contribution in [0.25, 0.3) is 0 Å². The number of phenols is 1. The first kappa shape index (κ1) is 13.5. The van der Waals surface area contributed by atoms with E-state index in [9.17, 15) is 9.90 Å². The summed E-state index contributed by atoms with van der Waals surface area (Å²) in [5.74, 6) is -0.189. The first-order chi connectivity index (χ1) is 8.11. The number of aromatic hydroxyl groups is 1. The molecule has 1 rings (SSSR count). The number of hydrogen-bond donors (Lipinski definition) is 2. The Hall–Kier alpha value is -1.55. The largest absolute Gasteiger partial charge is 0.507 e. The highest BCUT2D eigenvalue weighted by molar-refractivity contribution is 5.96. The van der Waals surface area contributed by atoms with Crippen LogP contribution in [0.4, 0.5) is 0 Å². The first-order valence-electron chi connectivity index (χ1n) is 5.82. The van der Waals surface area contributed by atoms with Crippen molar-refractivity contribution in [1.29, 1.82) is 0 Å². The molecule has 0 unspecified atom stereocenters. The Labute approximate surface area is 102 Å². The molecule has 0 aliphatic rings. The summed E-state index contributed by atoms with van der Waals surface area (Å²) in [6, 6.07) is 6.56. The van der Waals surface area contributed by atoms with Gasteiger partial charge in [-0.1, -0.05) is 12.1 Å². The van der Waals surface area contributed by atoms with Crippen molar-refractivity contribution in [3.63, 3.8) is 0 Å². The third-order valence-electron chi connectivity index (χ3n) is 2.47. The number of amides is 1. The van der Waals surface area contributed by atoms with Gasteiger partial charge in [-0.15, -0.1) is 0 Å². The molecule has 94 valence electrons. The second kappa shape index (κ2) is 6.91. The minimum absolute atomic E-state index is 0.0262. The molecule has 0 heterocycles. The number of para-hydroxylation sites is 1. The molecule has 1 amide bonds. The van der Waals surface area contributed by atoms with Crippen LogP contribution in [0.3, 0.4) is 0 Å². The molecule has 0 saturated heterocycles. The molecule has 4 nitrogen and oxygen atoms in total. The van der Waals surface area contributed by atoms with Gasteiger partial charge in [0.1, 0.15) is 5.75 Å². The van der Waals surface area contributed by atoms with Crippen LogP contribution in [0.1, 0.15) is 23.2 Å². The van der Waals surface area contributed by atoms with Gasteiger partial charge in [0.15, 0.2) is 0 Å². The van der Waals surface area contributed by atoms with Crippen LogP contribution in [0.2, 0.25) is 0 Å². The molecule has 0 bridgehead atoms. The zero-order valence-corrected chi connectivity index (χ0v) is 10.4. The third-order valence-corrected chi connectivity index (χ3v) is 2.47. The molecule has 4 heteroatoms. The van der Waals surface area contributed by atoms with Crippen LogP contribution in [0.5, 0.6) is 5.75 Å². The molecule has 0 aliphatic carbocycles. The predicted octanol–water partition coefficient (Wildman–Crippen LogP) is 1.46. The van der Waals surface area contributed by atoms with Gasteiger partial charge in [0.2, 0.25) is 0 Å². The number of nitrogens with one attached hydrogen (secondary N) is 1. The molecule has 0 saturated carbocycles. The van der Waals surface area contributed by atoms with E-state index < -0.39 is 0 Å². The Morgan fingerprint density at radius 3 is 2.65 bits per heavy atom. The maximum atomic E-state index is 11.7. The zero-order chi connectivity index (χ0) is 12.7. The van der Waals surface area contributed by atoms with Crippen molar-refractivity contribution in [1.82, 2.24) is 10.2 Å². The monoisotopic (exact) mass is 236 g/mol. The van der Waals surface area contributed by atoms with Gasteiger partial charge in [0, 0.05) is 6.54 Å². The fourth-order valence-corrected chi connectivity index (χ4v) is 1.52. The lowest BCUT2D eigenvalue weighted by molar-refractivity contribution is 0.0950. The SMILES string of the molecule is CN(C)CCCCNC(=O)c1ccccc1O. The number of rotatable bonds is 6. The predicted molar refractivity (Wildman–Crippen MR) is 68.2 cm³/mol. The maximum Gasteiger partial charge on any atom is 0.255 e. The van der Waals surface area contributed by atoms with E-state index in [1.807, 2.05) is 14.1 Å². The molecular weight excluding hydrogens is 216 g/mol. The molecule has 17 heavy (non-hydrogen) atoms. The van der Waals surface area contributed by atoms with Crippen molar-refractivity contribution in [2.75, 3.05) is 27.2 Å². The quantitative estimate of drug-likeness (QED) is 0.735. The van der Waals surface area contributed by atoms with Gasteiger partial charge >= 0.3 is 0 Å². The Kier molecular flexibility index (Phi) is 5.49. The Morgan fingerprint density at radius 2 is 2.00 bits per heavy atom. The lowest BCUT2D eigenvalue weighted by atomic mass is 10.2. The smallest absolute Gasteiger partial charge is 0.255 e. The molecule has 0 radical (unpaired) electrons.